The van der Waals surface area contributed by atoms with Crippen molar-refractivity contribution in [2.45, 2.75) is 53.0 Å². The van der Waals surface area contributed by atoms with Crippen molar-refractivity contribution < 1.29 is 4.79 Å². The lowest BCUT2D eigenvalue weighted by Crippen LogP contribution is -2.24. The number of fused-ring (bicyclic) bond motifs is 1. The zero-order valence-corrected chi connectivity index (χ0v) is 21.0. The minimum absolute atomic E-state index is 0.0758. The summed E-state index contributed by atoms with van der Waals surface area (Å²) in [5.41, 5.74) is 8.17. The molecule has 0 spiro atoms. The Labute approximate surface area is 207 Å². The topological polar surface area (TPSA) is 46.9 Å². The third-order valence-electron chi connectivity index (χ3n) is 6.34. The lowest BCUT2D eigenvalue weighted by molar-refractivity contribution is 0.0953. The van der Waals surface area contributed by atoms with Crippen LogP contribution in [0.3, 0.4) is 0 Å². The van der Waals surface area contributed by atoms with Crippen LogP contribution in [0.4, 0.5) is 0 Å². The van der Waals surface area contributed by atoms with E-state index in [2.05, 4.69) is 67.1 Å². The molecule has 3 aromatic carbocycles. The van der Waals surface area contributed by atoms with Gasteiger partial charge < -0.3 is 9.88 Å². The second-order valence-electron chi connectivity index (χ2n) is 9.06. The van der Waals surface area contributed by atoms with Crippen molar-refractivity contribution in [1.29, 1.82) is 0 Å². The Morgan fingerprint density at radius 3 is 2.47 bits per heavy atom. The van der Waals surface area contributed by atoms with Crippen molar-refractivity contribution in [3.8, 4) is 0 Å². The predicted octanol–water partition coefficient (Wildman–Crippen LogP) is 6.81. The van der Waals surface area contributed by atoms with E-state index in [1.165, 1.54) is 27.8 Å². The van der Waals surface area contributed by atoms with Crippen LogP contribution >= 0.6 is 11.6 Å². The van der Waals surface area contributed by atoms with Crippen LogP contribution in [-0.2, 0) is 13.0 Å². The van der Waals surface area contributed by atoms with E-state index in [0.717, 1.165) is 43.6 Å². The number of aromatic nitrogens is 2. The molecule has 0 atom stereocenters. The molecule has 34 heavy (non-hydrogen) atoms. The van der Waals surface area contributed by atoms with Crippen LogP contribution in [0.2, 0.25) is 5.02 Å². The summed E-state index contributed by atoms with van der Waals surface area (Å²) in [6.07, 6.45) is 3.91. The molecule has 0 fully saturated rings. The van der Waals surface area contributed by atoms with Crippen molar-refractivity contribution in [1.82, 2.24) is 14.9 Å². The molecule has 4 rings (SSSR count). The summed E-state index contributed by atoms with van der Waals surface area (Å²) in [5, 5.41) is 3.56. The van der Waals surface area contributed by atoms with E-state index in [4.69, 9.17) is 16.6 Å². The van der Waals surface area contributed by atoms with Gasteiger partial charge in [0.05, 0.1) is 11.0 Å². The van der Waals surface area contributed by atoms with Crippen LogP contribution < -0.4 is 5.32 Å². The lowest BCUT2D eigenvalue weighted by atomic mass is 9.99. The minimum atomic E-state index is -0.0758. The number of benzene rings is 3. The number of hydrogen-bond donors (Lipinski definition) is 1. The van der Waals surface area contributed by atoms with Gasteiger partial charge in [0.15, 0.2) is 0 Å². The van der Waals surface area contributed by atoms with Crippen molar-refractivity contribution in [3.63, 3.8) is 0 Å². The summed E-state index contributed by atoms with van der Waals surface area (Å²) in [5.74, 6) is 1.05. The van der Waals surface area contributed by atoms with Gasteiger partial charge in [-0.1, -0.05) is 53.9 Å². The van der Waals surface area contributed by atoms with Crippen LogP contribution in [-0.4, -0.2) is 22.0 Å². The minimum Gasteiger partial charge on any atom is -0.352 e. The number of para-hydroxylation sites is 2. The molecule has 0 aliphatic carbocycles. The Kier molecular flexibility index (Phi) is 7.69. The molecular formula is C29H32ClN3O. The van der Waals surface area contributed by atoms with Crippen LogP contribution in [0.25, 0.3) is 11.0 Å². The number of carbonyl (C=O) groups excluding carboxylic acids is 1. The fourth-order valence-corrected chi connectivity index (χ4v) is 4.82. The van der Waals surface area contributed by atoms with Crippen LogP contribution in [0, 0.1) is 20.8 Å². The first-order valence-corrected chi connectivity index (χ1v) is 12.3. The number of imidazole rings is 1. The average molecular weight is 474 g/mol. The summed E-state index contributed by atoms with van der Waals surface area (Å²) in [4.78, 5) is 17.2. The van der Waals surface area contributed by atoms with Gasteiger partial charge >= 0.3 is 0 Å². The zero-order valence-electron chi connectivity index (χ0n) is 20.2. The van der Waals surface area contributed by atoms with E-state index in [1.807, 2.05) is 0 Å². The Morgan fingerprint density at radius 1 is 0.941 bits per heavy atom. The SMILES string of the molecule is Cc1cc(C)c(Cn2c(CCCCCNC(=O)c3cccc(Cl)c3)nc3ccccc32)c(C)c1. The number of carbonyl (C=O) groups is 1. The van der Waals surface area contributed by atoms with Crippen molar-refractivity contribution >= 4 is 28.5 Å². The molecular weight excluding hydrogens is 442 g/mol. The van der Waals surface area contributed by atoms with Crippen molar-refractivity contribution in [3.05, 3.63) is 99.3 Å². The van der Waals surface area contributed by atoms with Gasteiger partial charge in [0.1, 0.15) is 5.82 Å². The molecule has 0 aliphatic heterocycles. The van der Waals surface area contributed by atoms with Gasteiger partial charge in [-0.3, -0.25) is 4.79 Å². The maximum Gasteiger partial charge on any atom is 0.251 e. The number of unbranched alkanes of at least 4 members (excludes halogenated alkanes) is 2. The molecule has 1 amide bonds. The van der Waals surface area contributed by atoms with Crippen LogP contribution in [0.15, 0.2) is 60.7 Å². The van der Waals surface area contributed by atoms with Crippen LogP contribution in [0.1, 0.15) is 57.7 Å². The fraction of sp³-hybridized carbons (Fsp3) is 0.310. The first-order valence-electron chi connectivity index (χ1n) is 12.0. The number of nitrogens with one attached hydrogen (secondary N) is 1. The highest BCUT2D eigenvalue weighted by atomic mass is 35.5. The monoisotopic (exact) mass is 473 g/mol. The molecule has 0 unspecified atom stereocenters. The Balaban J connectivity index is 1.37. The van der Waals surface area contributed by atoms with Gasteiger partial charge in [-0.05, 0) is 80.6 Å². The fourth-order valence-electron chi connectivity index (χ4n) is 4.63. The number of aryl methyl sites for hydroxylation is 4. The second kappa shape index (κ2) is 10.9. The highest BCUT2D eigenvalue weighted by Crippen LogP contribution is 2.23. The van der Waals surface area contributed by atoms with Crippen molar-refractivity contribution in [2.75, 3.05) is 6.54 Å². The van der Waals surface area contributed by atoms with Gasteiger partial charge in [0.2, 0.25) is 0 Å². The summed E-state index contributed by atoms with van der Waals surface area (Å²) in [7, 11) is 0. The molecule has 0 bridgehead atoms. The quantitative estimate of drug-likeness (QED) is 0.271. The van der Waals surface area contributed by atoms with E-state index < -0.39 is 0 Å². The first-order chi connectivity index (χ1) is 16.4. The molecule has 0 aliphatic rings. The predicted molar refractivity (Wildman–Crippen MR) is 141 cm³/mol. The Bertz CT molecular complexity index is 1280. The molecule has 0 radical (unpaired) electrons. The molecule has 4 aromatic rings. The molecule has 176 valence electrons. The standard InChI is InChI=1S/C29H32ClN3O/c1-20-16-21(2)25(22(3)17-20)19-33-27-13-7-6-12-26(27)32-28(33)14-5-4-8-15-31-29(34)23-10-9-11-24(30)18-23/h6-7,9-13,16-18H,4-5,8,14-15,19H2,1-3H3,(H,31,34). The largest absolute Gasteiger partial charge is 0.352 e. The molecule has 0 saturated carbocycles. The van der Waals surface area contributed by atoms with Crippen molar-refractivity contribution in [2.24, 2.45) is 0 Å². The highest BCUT2D eigenvalue weighted by Gasteiger charge is 2.13. The number of nitrogens with zero attached hydrogens (tertiary/aromatic N) is 2. The molecule has 4 nitrogen and oxygen atoms in total. The highest BCUT2D eigenvalue weighted by molar-refractivity contribution is 6.30. The van der Waals surface area contributed by atoms with E-state index >= 15 is 0 Å². The number of amides is 1. The van der Waals surface area contributed by atoms with Gasteiger partial charge in [-0.25, -0.2) is 4.98 Å². The molecule has 1 heterocycles. The molecule has 0 saturated heterocycles. The summed E-state index contributed by atoms with van der Waals surface area (Å²) < 4.78 is 2.38. The summed E-state index contributed by atoms with van der Waals surface area (Å²) in [6.45, 7) is 8.05. The number of rotatable bonds is 9. The normalized spacial score (nSPS) is 11.2. The van der Waals surface area contributed by atoms with E-state index in [1.54, 1.807) is 24.3 Å². The third kappa shape index (κ3) is 5.68. The molecule has 1 aromatic heterocycles. The van der Waals surface area contributed by atoms with Gasteiger partial charge in [-0.2, -0.15) is 0 Å². The zero-order chi connectivity index (χ0) is 24.1. The second-order valence-corrected chi connectivity index (χ2v) is 9.49. The Morgan fingerprint density at radius 2 is 1.71 bits per heavy atom. The first kappa shape index (κ1) is 24.0. The maximum absolute atomic E-state index is 12.3. The Hall–Kier alpha value is -3.11. The summed E-state index contributed by atoms with van der Waals surface area (Å²) in [6, 6.07) is 20.0. The smallest absolute Gasteiger partial charge is 0.251 e. The summed E-state index contributed by atoms with van der Waals surface area (Å²) >= 11 is 5.98. The van der Waals surface area contributed by atoms with Gasteiger partial charge in [-0.15, -0.1) is 0 Å². The van der Waals surface area contributed by atoms with Gasteiger partial charge in [0.25, 0.3) is 5.91 Å². The molecule has 1 N–H and O–H groups in total. The third-order valence-corrected chi connectivity index (χ3v) is 6.57. The molecule has 5 heteroatoms. The lowest BCUT2D eigenvalue weighted by Gasteiger charge is -2.15. The maximum atomic E-state index is 12.3. The number of halogens is 1. The van der Waals surface area contributed by atoms with E-state index in [0.29, 0.717) is 17.1 Å². The number of hydrogen-bond acceptors (Lipinski definition) is 2. The van der Waals surface area contributed by atoms with E-state index in [-0.39, 0.29) is 5.91 Å². The van der Waals surface area contributed by atoms with E-state index in [9.17, 15) is 4.79 Å². The van der Waals surface area contributed by atoms with Gasteiger partial charge in [0, 0.05) is 30.1 Å². The van der Waals surface area contributed by atoms with Crippen LogP contribution in [0.5, 0.6) is 0 Å². The average Bonchev–Trinajstić information content (AvgIpc) is 3.15.